The molecule has 0 aliphatic carbocycles. The van der Waals surface area contributed by atoms with Crippen molar-refractivity contribution in [3.8, 4) is 11.5 Å². The third-order valence-corrected chi connectivity index (χ3v) is 5.10. The van der Waals surface area contributed by atoms with Gasteiger partial charge in [0, 0.05) is 10.8 Å². The Morgan fingerprint density at radius 1 is 1.00 bits per heavy atom. The second-order valence-corrected chi connectivity index (χ2v) is 7.29. The predicted molar refractivity (Wildman–Crippen MR) is 110 cm³/mol. The summed E-state index contributed by atoms with van der Waals surface area (Å²) in [5.74, 6) is 1.38. The number of aryl methyl sites for hydroxylation is 1. The summed E-state index contributed by atoms with van der Waals surface area (Å²) in [6.07, 6.45) is 0. The van der Waals surface area contributed by atoms with Crippen LogP contribution in [0.2, 0.25) is 0 Å². The van der Waals surface area contributed by atoms with E-state index < -0.39 is 0 Å². The molecule has 3 heterocycles. The Morgan fingerprint density at radius 3 is 2.69 bits per heavy atom. The molecule has 5 rings (SSSR count). The van der Waals surface area contributed by atoms with Gasteiger partial charge in [0.1, 0.15) is 13.2 Å². The van der Waals surface area contributed by atoms with Gasteiger partial charge in [-0.05, 0) is 55.3 Å². The Hall–Kier alpha value is -3.54. The number of rotatable bonds is 3. The molecule has 2 aromatic carbocycles. The van der Waals surface area contributed by atoms with Gasteiger partial charge in [0.25, 0.3) is 5.91 Å². The van der Waals surface area contributed by atoms with Gasteiger partial charge < -0.3 is 19.2 Å². The Labute approximate surface area is 167 Å². The summed E-state index contributed by atoms with van der Waals surface area (Å²) < 4.78 is 16.9. The van der Waals surface area contributed by atoms with Gasteiger partial charge in [0.2, 0.25) is 5.71 Å². The van der Waals surface area contributed by atoms with Crippen LogP contribution in [0.5, 0.6) is 11.5 Å². The first-order valence-electron chi connectivity index (χ1n) is 9.58. The minimum Gasteiger partial charge on any atom is -0.486 e. The lowest BCUT2D eigenvalue weighted by Crippen LogP contribution is -2.26. The van der Waals surface area contributed by atoms with Gasteiger partial charge in [-0.3, -0.25) is 4.79 Å². The van der Waals surface area contributed by atoms with Crippen molar-refractivity contribution in [1.82, 2.24) is 10.3 Å². The fraction of sp³-hybridized carbons (Fsp3) is 0.217. The van der Waals surface area contributed by atoms with E-state index in [-0.39, 0.29) is 17.7 Å². The highest BCUT2D eigenvalue weighted by atomic mass is 16.6. The van der Waals surface area contributed by atoms with Gasteiger partial charge >= 0.3 is 0 Å². The molecule has 1 unspecified atom stereocenters. The average Bonchev–Trinajstić information content (AvgIpc) is 3.14. The molecule has 1 N–H and O–H groups in total. The topological polar surface area (TPSA) is 73.6 Å². The first-order chi connectivity index (χ1) is 14.1. The van der Waals surface area contributed by atoms with E-state index in [0.29, 0.717) is 24.7 Å². The number of aromatic nitrogens is 1. The van der Waals surface area contributed by atoms with Crippen LogP contribution < -0.4 is 14.8 Å². The molecule has 4 aromatic rings. The predicted octanol–water partition coefficient (Wildman–Crippen LogP) is 4.55. The first-order valence-corrected chi connectivity index (χ1v) is 9.58. The van der Waals surface area contributed by atoms with Crippen LogP contribution in [-0.4, -0.2) is 24.1 Å². The van der Waals surface area contributed by atoms with Crippen molar-refractivity contribution in [3.63, 3.8) is 0 Å². The van der Waals surface area contributed by atoms with E-state index in [2.05, 4.69) is 10.3 Å². The van der Waals surface area contributed by atoms with E-state index in [1.165, 1.54) is 0 Å². The monoisotopic (exact) mass is 388 g/mol. The van der Waals surface area contributed by atoms with Crippen molar-refractivity contribution in [2.45, 2.75) is 19.9 Å². The molecule has 1 atom stereocenters. The van der Waals surface area contributed by atoms with Crippen LogP contribution in [0, 0.1) is 6.92 Å². The maximum absolute atomic E-state index is 12.7. The van der Waals surface area contributed by atoms with Crippen molar-refractivity contribution in [2.24, 2.45) is 0 Å². The first kappa shape index (κ1) is 17.6. The number of ether oxygens (including phenoxy) is 2. The number of carbonyl (C=O) groups excluding carboxylic acids is 1. The van der Waals surface area contributed by atoms with Crippen molar-refractivity contribution in [1.29, 1.82) is 0 Å². The maximum atomic E-state index is 12.7. The molecule has 146 valence electrons. The van der Waals surface area contributed by atoms with Crippen molar-refractivity contribution in [2.75, 3.05) is 13.2 Å². The third kappa shape index (κ3) is 3.27. The summed E-state index contributed by atoms with van der Waals surface area (Å²) in [5, 5.41) is 4.79. The summed E-state index contributed by atoms with van der Waals surface area (Å²) in [7, 11) is 0. The van der Waals surface area contributed by atoms with Crippen LogP contribution in [-0.2, 0) is 0 Å². The molecule has 0 bridgehead atoms. The Bertz CT molecular complexity index is 1240. The molecule has 0 saturated carbocycles. The Morgan fingerprint density at radius 2 is 1.83 bits per heavy atom. The number of furan rings is 1. The molecular formula is C23H20N2O4. The van der Waals surface area contributed by atoms with Crippen LogP contribution in [0.1, 0.15) is 34.6 Å². The molecule has 0 saturated heterocycles. The van der Waals surface area contributed by atoms with Gasteiger partial charge in [0.15, 0.2) is 17.3 Å². The second-order valence-electron chi connectivity index (χ2n) is 7.29. The zero-order chi connectivity index (χ0) is 20.0. The van der Waals surface area contributed by atoms with Gasteiger partial charge in [-0.15, -0.1) is 0 Å². The fourth-order valence-corrected chi connectivity index (χ4v) is 3.53. The zero-order valence-electron chi connectivity index (χ0n) is 16.2. The summed E-state index contributed by atoms with van der Waals surface area (Å²) in [5.41, 5.74) is 3.36. The number of nitrogens with one attached hydrogen (secondary N) is 1. The molecule has 1 aliphatic rings. The molecule has 1 amide bonds. The third-order valence-electron chi connectivity index (χ3n) is 5.10. The van der Waals surface area contributed by atoms with E-state index in [9.17, 15) is 4.79 Å². The van der Waals surface area contributed by atoms with E-state index in [4.69, 9.17) is 13.9 Å². The lowest BCUT2D eigenvalue weighted by Gasteiger charge is -2.20. The fourth-order valence-electron chi connectivity index (χ4n) is 3.53. The second kappa shape index (κ2) is 6.81. The molecule has 0 radical (unpaired) electrons. The highest BCUT2D eigenvalue weighted by Gasteiger charge is 2.19. The van der Waals surface area contributed by atoms with Crippen LogP contribution in [0.25, 0.3) is 22.0 Å². The summed E-state index contributed by atoms with van der Waals surface area (Å²) >= 11 is 0. The average molecular weight is 388 g/mol. The van der Waals surface area contributed by atoms with Crippen LogP contribution in [0.3, 0.4) is 0 Å². The van der Waals surface area contributed by atoms with Crippen molar-refractivity contribution in [3.05, 3.63) is 65.4 Å². The highest BCUT2D eigenvalue weighted by Crippen LogP contribution is 2.32. The smallest absolute Gasteiger partial charge is 0.287 e. The zero-order valence-corrected chi connectivity index (χ0v) is 16.2. The number of fused-ring (bicyclic) bond motifs is 3. The van der Waals surface area contributed by atoms with Gasteiger partial charge in [-0.25, -0.2) is 4.98 Å². The molecule has 6 nitrogen and oxygen atoms in total. The Kier molecular flexibility index (Phi) is 4.12. The van der Waals surface area contributed by atoms with E-state index in [1.807, 2.05) is 56.3 Å². The maximum Gasteiger partial charge on any atom is 0.287 e. The largest absolute Gasteiger partial charge is 0.486 e. The van der Waals surface area contributed by atoms with Gasteiger partial charge in [0.05, 0.1) is 11.6 Å². The SMILES string of the molecule is Cc1ccc2cc3cc(C(=O)NC(C)c4ccc5c(c4)OCCO5)oc3nc2c1. The van der Waals surface area contributed by atoms with Gasteiger partial charge in [-0.2, -0.15) is 0 Å². The Balaban J connectivity index is 1.39. The number of amides is 1. The summed E-state index contributed by atoms with van der Waals surface area (Å²) in [4.78, 5) is 17.3. The number of benzene rings is 2. The normalized spacial score (nSPS) is 14.1. The molecule has 1 aliphatic heterocycles. The van der Waals surface area contributed by atoms with E-state index in [1.54, 1.807) is 6.07 Å². The minimum absolute atomic E-state index is 0.221. The standard InChI is InChI=1S/C23H20N2O4/c1-13-3-4-16-10-17-12-21(29-23(17)25-18(16)9-13)22(26)24-14(2)15-5-6-19-20(11-15)28-8-7-27-19/h3-6,9-12,14H,7-8H2,1-2H3,(H,24,26). The molecule has 2 aromatic heterocycles. The number of hydrogen-bond acceptors (Lipinski definition) is 5. The number of pyridine rings is 1. The van der Waals surface area contributed by atoms with Crippen molar-refractivity contribution < 1.29 is 18.7 Å². The summed E-state index contributed by atoms with van der Waals surface area (Å²) in [6.45, 7) is 5.01. The number of hydrogen-bond donors (Lipinski definition) is 1. The van der Waals surface area contributed by atoms with E-state index in [0.717, 1.165) is 33.2 Å². The quantitative estimate of drug-likeness (QED) is 0.557. The number of carbonyl (C=O) groups is 1. The molecule has 6 heteroatoms. The molecule has 0 spiro atoms. The molecule has 29 heavy (non-hydrogen) atoms. The number of nitrogens with zero attached hydrogens (tertiary/aromatic N) is 1. The summed E-state index contributed by atoms with van der Waals surface area (Å²) in [6, 6.07) is 15.2. The highest BCUT2D eigenvalue weighted by molar-refractivity contribution is 5.98. The van der Waals surface area contributed by atoms with Crippen LogP contribution >= 0.6 is 0 Å². The van der Waals surface area contributed by atoms with Crippen LogP contribution in [0.15, 0.2) is 52.9 Å². The van der Waals surface area contributed by atoms with E-state index >= 15 is 0 Å². The lowest BCUT2D eigenvalue weighted by atomic mass is 10.1. The van der Waals surface area contributed by atoms with Crippen molar-refractivity contribution >= 4 is 27.9 Å². The lowest BCUT2D eigenvalue weighted by molar-refractivity contribution is 0.0913. The molecule has 0 fully saturated rings. The molecular weight excluding hydrogens is 368 g/mol. The minimum atomic E-state index is -0.286. The van der Waals surface area contributed by atoms with Gasteiger partial charge in [-0.1, -0.05) is 18.2 Å². The van der Waals surface area contributed by atoms with Crippen LogP contribution in [0.4, 0.5) is 0 Å².